The Morgan fingerprint density at radius 2 is 1.68 bits per heavy atom. The maximum atomic E-state index is 13.6. The first-order chi connectivity index (χ1) is 15.0. The fourth-order valence-electron chi connectivity index (χ4n) is 2.65. The van der Waals surface area contributed by atoms with Crippen molar-refractivity contribution in [1.29, 1.82) is 0 Å². The maximum absolute atomic E-state index is 13.6. The van der Waals surface area contributed by atoms with Gasteiger partial charge < -0.3 is 10.1 Å². The Balaban J connectivity index is 1.46. The van der Waals surface area contributed by atoms with Crippen molar-refractivity contribution in [2.24, 2.45) is 5.10 Å². The lowest BCUT2D eigenvalue weighted by Gasteiger charge is -2.07. The molecule has 7 heteroatoms. The van der Waals surface area contributed by atoms with Crippen LogP contribution in [0.4, 0.5) is 10.1 Å². The number of amides is 2. The van der Waals surface area contributed by atoms with Crippen molar-refractivity contribution in [2.45, 2.75) is 20.0 Å². The lowest BCUT2D eigenvalue weighted by atomic mass is 10.1. The van der Waals surface area contributed by atoms with E-state index < -0.39 is 11.8 Å². The van der Waals surface area contributed by atoms with E-state index in [9.17, 15) is 14.0 Å². The number of hydrazone groups is 1. The molecule has 0 spiro atoms. The van der Waals surface area contributed by atoms with Crippen molar-refractivity contribution in [3.63, 3.8) is 0 Å². The summed E-state index contributed by atoms with van der Waals surface area (Å²) >= 11 is 0. The van der Waals surface area contributed by atoms with Gasteiger partial charge in [-0.1, -0.05) is 37.3 Å². The maximum Gasteiger partial charge on any atom is 0.329 e. The molecule has 0 unspecified atom stereocenters. The van der Waals surface area contributed by atoms with E-state index in [1.165, 1.54) is 12.3 Å². The standard InChI is InChI=1S/C24H22FN3O3/c1-2-17-7-11-20(12-8-17)27-23(29)24(30)28-26-15-18-9-13-21(14-10-18)31-16-19-5-3-4-6-22(19)25/h3-15H,2,16H2,1H3,(H,27,29)(H,28,30)/b26-15-. The van der Waals surface area contributed by atoms with Gasteiger partial charge in [0.15, 0.2) is 0 Å². The lowest BCUT2D eigenvalue weighted by Crippen LogP contribution is -2.32. The highest BCUT2D eigenvalue weighted by Crippen LogP contribution is 2.15. The summed E-state index contributed by atoms with van der Waals surface area (Å²) in [5.74, 6) is -1.43. The molecule has 0 bridgehead atoms. The lowest BCUT2D eigenvalue weighted by molar-refractivity contribution is -0.136. The van der Waals surface area contributed by atoms with Gasteiger partial charge in [-0.3, -0.25) is 9.59 Å². The first kappa shape index (κ1) is 21.7. The molecule has 158 valence electrons. The van der Waals surface area contributed by atoms with E-state index in [1.54, 1.807) is 54.6 Å². The Hall–Kier alpha value is -4.00. The number of aryl methyl sites for hydroxylation is 1. The topological polar surface area (TPSA) is 79.8 Å². The second-order valence-electron chi connectivity index (χ2n) is 6.65. The minimum atomic E-state index is -0.874. The number of carbonyl (C=O) groups is 2. The third-order valence-electron chi connectivity index (χ3n) is 4.44. The zero-order valence-corrected chi connectivity index (χ0v) is 17.0. The molecule has 0 aliphatic carbocycles. The normalized spacial score (nSPS) is 10.6. The number of nitrogens with one attached hydrogen (secondary N) is 2. The van der Waals surface area contributed by atoms with Crippen LogP contribution in [0.3, 0.4) is 0 Å². The number of carbonyl (C=O) groups excluding carboxylic acids is 2. The Morgan fingerprint density at radius 3 is 2.35 bits per heavy atom. The number of rotatable bonds is 7. The van der Waals surface area contributed by atoms with Crippen molar-refractivity contribution >= 4 is 23.7 Å². The Bertz CT molecular complexity index is 1060. The molecule has 3 aromatic rings. The van der Waals surface area contributed by atoms with Crippen LogP contribution in [0.25, 0.3) is 0 Å². The van der Waals surface area contributed by atoms with Gasteiger partial charge in [-0.05, 0) is 60.0 Å². The summed E-state index contributed by atoms with van der Waals surface area (Å²) in [6.45, 7) is 2.15. The number of halogens is 1. The SMILES string of the molecule is CCc1ccc(NC(=O)C(=O)N/N=C\c2ccc(OCc3ccccc3F)cc2)cc1. The third-order valence-corrected chi connectivity index (χ3v) is 4.44. The third kappa shape index (κ3) is 6.50. The van der Waals surface area contributed by atoms with E-state index >= 15 is 0 Å². The molecule has 0 aliphatic heterocycles. The van der Waals surface area contributed by atoms with Gasteiger partial charge in [-0.25, -0.2) is 9.82 Å². The molecule has 2 N–H and O–H groups in total. The first-order valence-corrected chi connectivity index (χ1v) is 9.74. The predicted octanol–water partition coefficient (Wildman–Crippen LogP) is 4.06. The van der Waals surface area contributed by atoms with Crippen LogP contribution in [0.2, 0.25) is 0 Å². The zero-order chi connectivity index (χ0) is 22.1. The molecule has 3 rings (SSSR count). The van der Waals surface area contributed by atoms with Gasteiger partial charge >= 0.3 is 11.8 Å². The summed E-state index contributed by atoms with van der Waals surface area (Å²) in [6, 6.07) is 20.5. The van der Waals surface area contributed by atoms with Gasteiger partial charge in [0.25, 0.3) is 0 Å². The fraction of sp³-hybridized carbons (Fsp3) is 0.125. The summed E-state index contributed by atoms with van der Waals surface area (Å²) in [7, 11) is 0. The minimum Gasteiger partial charge on any atom is -0.489 e. The molecular formula is C24H22FN3O3. The summed E-state index contributed by atoms with van der Waals surface area (Å²) in [5, 5.41) is 6.30. The van der Waals surface area contributed by atoms with Crippen LogP contribution in [0.1, 0.15) is 23.6 Å². The molecule has 0 heterocycles. The van der Waals surface area contributed by atoms with Gasteiger partial charge in [0.05, 0.1) is 6.21 Å². The Morgan fingerprint density at radius 1 is 0.968 bits per heavy atom. The summed E-state index contributed by atoms with van der Waals surface area (Å²) in [4.78, 5) is 23.8. The molecule has 0 atom stereocenters. The molecule has 2 amide bonds. The van der Waals surface area contributed by atoms with Crippen LogP contribution in [0.15, 0.2) is 77.9 Å². The van der Waals surface area contributed by atoms with Gasteiger partial charge in [-0.2, -0.15) is 5.10 Å². The highest BCUT2D eigenvalue weighted by molar-refractivity contribution is 6.39. The highest BCUT2D eigenvalue weighted by atomic mass is 19.1. The smallest absolute Gasteiger partial charge is 0.329 e. The average Bonchev–Trinajstić information content (AvgIpc) is 2.80. The van der Waals surface area contributed by atoms with E-state index in [4.69, 9.17) is 4.74 Å². The van der Waals surface area contributed by atoms with Crippen LogP contribution in [-0.4, -0.2) is 18.0 Å². The van der Waals surface area contributed by atoms with Crippen LogP contribution < -0.4 is 15.5 Å². The molecule has 3 aromatic carbocycles. The number of ether oxygens (including phenoxy) is 1. The quantitative estimate of drug-likeness (QED) is 0.344. The van der Waals surface area contributed by atoms with Crippen LogP contribution in [0.5, 0.6) is 5.75 Å². The van der Waals surface area contributed by atoms with E-state index in [-0.39, 0.29) is 12.4 Å². The molecule has 0 radical (unpaired) electrons. The van der Waals surface area contributed by atoms with Crippen LogP contribution in [0, 0.1) is 5.82 Å². The molecule has 31 heavy (non-hydrogen) atoms. The predicted molar refractivity (Wildman–Crippen MR) is 117 cm³/mol. The van der Waals surface area contributed by atoms with Crippen molar-refractivity contribution in [3.8, 4) is 5.75 Å². The van der Waals surface area contributed by atoms with E-state index in [0.29, 0.717) is 22.6 Å². The van der Waals surface area contributed by atoms with Gasteiger partial charge in [-0.15, -0.1) is 0 Å². The number of hydrogen-bond acceptors (Lipinski definition) is 4. The largest absolute Gasteiger partial charge is 0.489 e. The Labute approximate surface area is 179 Å². The number of benzene rings is 3. The minimum absolute atomic E-state index is 0.118. The average molecular weight is 419 g/mol. The number of anilines is 1. The van der Waals surface area contributed by atoms with Crippen molar-refractivity contribution in [1.82, 2.24) is 5.43 Å². The van der Waals surface area contributed by atoms with E-state index in [0.717, 1.165) is 12.0 Å². The van der Waals surface area contributed by atoms with Crippen molar-refractivity contribution < 1.29 is 18.7 Å². The number of hydrogen-bond donors (Lipinski definition) is 2. The zero-order valence-electron chi connectivity index (χ0n) is 17.0. The van der Waals surface area contributed by atoms with E-state index in [2.05, 4.69) is 15.8 Å². The molecule has 0 fully saturated rings. The van der Waals surface area contributed by atoms with Crippen LogP contribution >= 0.6 is 0 Å². The second-order valence-corrected chi connectivity index (χ2v) is 6.65. The van der Waals surface area contributed by atoms with Gasteiger partial charge in [0.1, 0.15) is 18.2 Å². The summed E-state index contributed by atoms with van der Waals surface area (Å²) in [6.07, 6.45) is 2.30. The monoisotopic (exact) mass is 419 g/mol. The molecule has 6 nitrogen and oxygen atoms in total. The first-order valence-electron chi connectivity index (χ1n) is 9.74. The van der Waals surface area contributed by atoms with Crippen molar-refractivity contribution in [2.75, 3.05) is 5.32 Å². The van der Waals surface area contributed by atoms with Gasteiger partial charge in [0, 0.05) is 11.3 Å². The second kappa shape index (κ2) is 10.7. The number of nitrogens with zero attached hydrogens (tertiary/aromatic N) is 1. The van der Waals surface area contributed by atoms with Crippen LogP contribution in [-0.2, 0) is 22.6 Å². The van der Waals surface area contributed by atoms with Crippen molar-refractivity contribution in [3.05, 3.63) is 95.3 Å². The summed E-state index contributed by atoms with van der Waals surface area (Å²) < 4.78 is 19.2. The highest BCUT2D eigenvalue weighted by Gasteiger charge is 2.12. The summed E-state index contributed by atoms with van der Waals surface area (Å²) in [5.41, 5.74) is 5.01. The fourth-order valence-corrected chi connectivity index (χ4v) is 2.65. The molecular weight excluding hydrogens is 397 g/mol. The molecule has 0 aromatic heterocycles. The molecule has 0 saturated carbocycles. The van der Waals surface area contributed by atoms with Gasteiger partial charge in [0.2, 0.25) is 0 Å². The Kier molecular flexibility index (Phi) is 7.48. The molecule has 0 saturated heterocycles. The molecule has 0 aliphatic rings. The van der Waals surface area contributed by atoms with E-state index in [1.807, 2.05) is 19.1 Å².